The molecule has 4 N–H and O–H groups in total. The van der Waals surface area contributed by atoms with Crippen molar-refractivity contribution >= 4 is 22.7 Å². The topological polar surface area (TPSA) is 87.3 Å². The van der Waals surface area contributed by atoms with Gasteiger partial charge in [0.1, 0.15) is 5.82 Å². The lowest BCUT2D eigenvalue weighted by molar-refractivity contribution is 0.145. The van der Waals surface area contributed by atoms with Gasteiger partial charge in [-0.05, 0) is 25.0 Å². The highest BCUT2D eigenvalue weighted by atomic mass is 16.3. The number of aromatic nitrogens is 2. The van der Waals surface area contributed by atoms with Crippen LogP contribution in [0.4, 0.5) is 11.8 Å². The number of nitrogen functional groups attached to an aromatic ring is 1. The number of hydrazine groups is 1. The first-order chi connectivity index (χ1) is 9.28. The third kappa shape index (κ3) is 2.32. The third-order valence-corrected chi connectivity index (χ3v) is 3.48. The van der Waals surface area contributed by atoms with Gasteiger partial charge in [0, 0.05) is 18.5 Å². The highest BCUT2D eigenvalue weighted by Gasteiger charge is 2.20. The molecular weight excluding hydrogens is 242 g/mol. The second-order valence-electron chi connectivity index (χ2n) is 4.75. The summed E-state index contributed by atoms with van der Waals surface area (Å²) in [6.07, 6.45) is 1.34. The largest absolute Gasteiger partial charge is 0.393 e. The number of aliphatic hydroxyl groups excluding tert-OH is 1. The smallest absolute Gasteiger partial charge is 0.239 e. The van der Waals surface area contributed by atoms with Crippen molar-refractivity contribution in [2.75, 3.05) is 23.4 Å². The van der Waals surface area contributed by atoms with E-state index < -0.39 is 0 Å². The van der Waals surface area contributed by atoms with Gasteiger partial charge in [0.05, 0.1) is 11.6 Å². The van der Waals surface area contributed by atoms with Crippen LogP contribution in [0.2, 0.25) is 0 Å². The van der Waals surface area contributed by atoms with Crippen LogP contribution < -0.4 is 16.2 Å². The molecule has 2 aromatic rings. The number of hydrogen-bond acceptors (Lipinski definition) is 6. The van der Waals surface area contributed by atoms with Crippen LogP contribution in [0.1, 0.15) is 12.8 Å². The zero-order valence-electron chi connectivity index (χ0n) is 10.6. The molecule has 1 fully saturated rings. The maximum atomic E-state index is 9.60. The number of benzene rings is 1. The maximum Gasteiger partial charge on any atom is 0.239 e. The molecule has 3 rings (SSSR count). The van der Waals surface area contributed by atoms with E-state index in [4.69, 9.17) is 5.84 Å². The van der Waals surface area contributed by atoms with Crippen LogP contribution in [-0.4, -0.2) is 34.3 Å². The van der Waals surface area contributed by atoms with Crippen molar-refractivity contribution in [1.82, 2.24) is 9.97 Å². The summed E-state index contributed by atoms with van der Waals surface area (Å²) in [5.41, 5.74) is 3.38. The molecule has 1 saturated heterocycles. The number of fused-ring (bicyclic) bond motifs is 1. The molecule has 1 aromatic heterocycles. The predicted octanol–water partition coefficient (Wildman–Crippen LogP) is 0.876. The molecule has 0 aliphatic carbocycles. The molecule has 0 radical (unpaired) electrons. The Bertz CT molecular complexity index is 580. The molecule has 1 aliphatic heterocycles. The van der Waals surface area contributed by atoms with Gasteiger partial charge in [-0.1, -0.05) is 12.1 Å². The highest BCUT2D eigenvalue weighted by molar-refractivity contribution is 5.90. The molecule has 0 spiro atoms. The molecule has 1 aliphatic rings. The fraction of sp³-hybridized carbons (Fsp3) is 0.385. The summed E-state index contributed by atoms with van der Waals surface area (Å²) in [7, 11) is 0. The van der Waals surface area contributed by atoms with Gasteiger partial charge in [0.15, 0.2) is 0 Å². The van der Waals surface area contributed by atoms with E-state index >= 15 is 0 Å². The zero-order chi connectivity index (χ0) is 13.2. The van der Waals surface area contributed by atoms with Gasteiger partial charge in [-0.25, -0.2) is 10.8 Å². The van der Waals surface area contributed by atoms with Gasteiger partial charge in [-0.3, -0.25) is 5.43 Å². The molecule has 0 bridgehead atoms. The monoisotopic (exact) mass is 259 g/mol. The summed E-state index contributed by atoms with van der Waals surface area (Å²) in [5, 5.41) is 10.6. The second kappa shape index (κ2) is 4.99. The Morgan fingerprint density at radius 3 is 2.68 bits per heavy atom. The van der Waals surface area contributed by atoms with Crippen molar-refractivity contribution < 1.29 is 5.11 Å². The van der Waals surface area contributed by atoms with Crippen LogP contribution in [0.3, 0.4) is 0 Å². The Balaban J connectivity index is 2.05. The average molecular weight is 259 g/mol. The molecule has 2 heterocycles. The lowest BCUT2D eigenvalue weighted by Gasteiger charge is -2.31. The van der Waals surface area contributed by atoms with Crippen LogP contribution in [0.15, 0.2) is 24.3 Å². The fourth-order valence-corrected chi connectivity index (χ4v) is 2.44. The lowest BCUT2D eigenvalue weighted by atomic mass is 10.1. The summed E-state index contributed by atoms with van der Waals surface area (Å²) in [6.45, 7) is 1.60. The van der Waals surface area contributed by atoms with Crippen LogP contribution in [0, 0.1) is 0 Å². The minimum absolute atomic E-state index is 0.198. The van der Waals surface area contributed by atoms with E-state index in [1.165, 1.54) is 0 Å². The Labute approximate surface area is 111 Å². The highest BCUT2D eigenvalue weighted by Crippen LogP contribution is 2.27. The number of nitrogens with two attached hydrogens (primary N) is 1. The summed E-state index contributed by atoms with van der Waals surface area (Å²) in [5.74, 6) is 6.72. The Hall–Kier alpha value is -1.92. The van der Waals surface area contributed by atoms with Gasteiger partial charge >= 0.3 is 0 Å². The predicted molar refractivity (Wildman–Crippen MR) is 74.8 cm³/mol. The van der Waals surface area contributed by atoms with E-state index in [0.717, 1.165) is 42.7 Å². The molecule has 0 unspecified atom stereocenters. The van der Waals surface area contributed by atoms with Gasteiger partial charge in [-0.15, -0.1) is 0 Å². The average Bonchev–Trinajstić information content (AvgIpc) is 2.47. The van der Waals surface area contributed by atoms with E-state index in [2.05, 4.69) is 20.3 Å². The van der Waals surface area contributed by atoms with Crippen LogP contribution in [-0.2, 0) is 0 Å². The number of nitrogens with one attached hydrogen (secondary N) is 1. The number of piperidine rings is 1. The number of hydrogen-bond donors (Lipinski definition) is 3. The maximum absolute atomic E-state index is 9.60. The minimum Gasteiger partial charge on any atom is -0.393 e. The van der Waals surface area contributed by atoms with Crippen molar-refractivity contribution in [3.8, 4) is 0 Å². The number of nitrogens with zero attached hydrogens (tertiary/aromatic N) is 3. The Kier molecular flexibility index (Phi) is 3.18. The third-order valence-electron chi connectivity index (χ3n) is 3.48. The van der Waals surface area contributed by atoms with Gasteiger partial charge in [-0.2, -0.15) is 4.98 Å². The molecule has 6 nitrogen and oxygen atoms in total. The molecule has 100 valence electrons. The van der Waals surface area contributed by atoms with E-state index in [1.807, 2.05) is 24.3 Å². The molecule has 0 saturated carbocycles. The standard InChI is InChI=1S/C13H17N5O/c14-17-13-15-11-4-2-1-3-10(11)12(16-13)18-7-5-9(19)6-8-18/h1-4,9,19H,5-8,14H2,(H,15,16,17). The molecule has 6 heteroatoms. The van der Waals surface area contributed by atoms with Crippen molar-refractivity contribution in [3.63, 3.8) is 0 Å². The number of para-hydroxylation sites is 1. The SMILES string of the molecule is NNc1nc(N2CCC(O)CC2)c2ccccc2n1. The summed E-state index contributed by atoms with van der Waals surface area (Å²) in [6, 6.07) is 7.87. The number of rotatable bonds is 2. The Morgan fingerprint density at radius 1 is 1.21 bits per heavy atom. The van der Waals surface area contributed by atoms with E-state index in [0.29, 0.717) is 5.95 Å². The van der Waals surface area contributed by atoms with Crippen LogP contribution >= 0.6 is 0 Å². The normalized spacial score (nSPS) is 16.8. The van der Waals surface area contributed by atoms with Crippen molar-refractivity contribution in [2.45, 2.75) is 18.9 Å². The van der Waals surface area contributed by atoms with Crippen molar-refractivity contribution in [2.24, 2.45) is 5.84 Å². The minimum atomic E-state index is -0.198. The zero-order valence-corrected chi connectivity index (χ0v) is 10.6. The number of aliphatic hydroxyl groups is 1. The first-order valence-corrected chi connectivity index (χ1v) is 6.44. The fourth-order valence-electron chi connectivity index (χ4n) is 2.44. The van der Waals surface area contributed by atoms with Gasteiger partial charge < -0.3 is 10.0 Å². The van der Waals surface area contributed by atoms with Crippen molar-refractivity contribution in [3.05, 3.63) is 24.3 Å². The molecule has 1 aromatic carbocycles. The quantitative estimate of drug-likeness (QED) is 0.548. The van der Waals surface area contributed by atoms with Crippen molar-refractivity contribution in [1.29, 1.82) is 0 Å². The second-order valence-corrected chi connectivity index (χ2v) is 4.75. The first kappa shape index (κ1) is 12.1. The van der Waals surface area contributed by atoms with Crippen LogP contribution in [0.5, 0.6) is 0 Å². The van der Waals surface area contributed by atoms with Crippen LogP contribution in [0.25, 0.3) is 10.9 Å². The number of anilines is 2. The van der Waals surface area contributed by atoms with E-state index in [-0.39, 0.29) is 6.10 Å². The van der Waals surface area contributed by atoms with Gasteiger partial charge in [0.2, 0.25) is 5.95 Å². The first-order valence-electron chi connectivity index (χ1n) is 6.44. The molecule has 0 atom stereocenters. The molecule has 19 heavy (non-hydrogen) atoms. The Morgan fingerprint density at radius 2 is 1.95 bits per heavy atom. The van der Waals surface area contributed by atoms with E-state index in [9.17, 15) is 5.11 Å². The lowest BCUT2D eigenvalue weighted by Crippen LogP contribution is -2.36. The summed E-state index contributed by atoms with van der Waals surface area (Å²) >= 11 is 0. The summed E-state index contributed by atoms with van der Waals surface area (Å²) in [4.78, 5) is 11.0. The molecule has 0 amide bonds. The summed E-state index contributed by atoms with van der Waals surface area (Å²) < 4.78 is 0. The van der Waals surface area contributed by atoms with Gasteiger partial charge in [0.25, 0.3) is 0 Å². The van der Waals surface area contributed by atoms with E-state index in [1.54, 1.807) is 0 Å². The molecular formula is C13H17N5O.